The molecule has 0 saturated carbocycles. The second kappa shape index (κ2) is 7.62. The lowest BCUT2D eigenvalue weighted by molar-refractivity contribution is -0.139. The Balaban J connectivity index is 1.39. The standard InChI is InChI=1S/C21H28N4O/c26-20-7-10-21(16-25(20)12-8-19-13-22-17-23-19)9-4-11-24(15-21)14-18-5-2-1-3-6-18/h1-3,5-6,13,17H,4,7-12,14-16H2,(H,22,23)/t21-/m1/s1. The number of rotatable bonds is 5. The Hall–Kier alpha value is -2.14. The van der Waals surface area contributed by atoms with E-state index in [2.05, 4.69) is 50.1 Å². The highest BCUT2D eigenvalue weighted by Gasteiger charge is 2.41. The van der Waals surface area contributed by atoms with E-state index >= 15 is 0 Å². The van der Waals surface area contributed by atoms with Crippen LogP contribution in [-0.2, 0) is 17.8 Å². The maximum Gasteiger partial charge on any atom is 0.222 e. The molecule has 2 aliphatic heterocycles. The van der Waals surface area contributed by atoms with Gasteiger partial charge in [0.15, 0.2) is 0 Å². The molecule has 2 saturated heterocycles. The van der Waals surface area contributed by atoms with Gasteiger partial charge in [0.2, 0.25) is 5.91 Å². The quantitative estimate of drug-likeness (QED) is 0.900. The first kappa shape index (κ1) is 17.3. The summed E-state index contributed by atoms with van der Waals surface area (Å²) < 4.78 is 0. The van der Waals surface area contributed by atoms with Crippen LogP contribution in [0.1, 0.15) is 36.9 Å². The van der Waals surface area contributed by atoms with Crippen molar-refractivity contribution in [2.75, 3.05) is 26.2 Å². The average Bonchev–Trinajstić information content (AvgIpc) is 3.17. The largest absolute Gasteiger partial charge is 0.348 e. The number of hydrogen-bond donors (Lipinski definition) is 1. The Labute approximate surface area is 155 Å². The summed E-state index contributed by atoms with van der Waals surface area (Å²) >= 11 is 0. The van der Waals surface area contributed by atoms with Crippen molar-refractivity contribution in [2.45, 2.75) is 38.6 Å². The molecule has 0 aliphatic carbocycles. The van der Waals surface area contributed by atoms with Gasteiger partial charge in [-0.05, 0) is 31.4 Å². The van der Waals surface area contributed by atoms with Crippen molar-refractivity contribution in [3.05, 3.63) is 54.1 Å². The van der Waals surface area contributed by atoms with Crippen LogP contribution in [0.3, 0.4) is 0 Å². The van der Waals surface area contributed by atoms with Gasteiger partial charge in [0, 0.05) is 56.3 Å². The number of likely N-dealkylation sites (tertiary alicyclic amines) is 2. The van der Waals surface area contributed by atoms with Gasteiger partial charge in [-0.25, -0.2) is 4.98 Å². The molecule has 2 fully saturated rings. The van der Waals surface area contributed by atoms with Crippen molar-refractivity contribution >= 4 is 5.91 Å². The molecule has 1 atom stereocenters. The highest BCUT2D eigenvalue weighted by molar-refractivity contribution is 5.77. The van der Waals surface area contributed by atoms with E-state index in [-0.39, 0.29) is 5.41 Å². The molecule has 0 radical (unpaired) electrons. The molecule has 4 rings (SSSR count). The van der Waals surface area contributed by atoms with Crippen LogP contribution in [0.2, 0.25) is 0 Å². The molecule has 5 heteroatoms. The van der Waals surface area contributed by atoms with Crippen molar-refractivity contribution in [2.24, 2.45) is 5.41 Å². The van der Waals surface area contributed by atoms with Crippen molar-refractivity contribution in [1.29, 1.82) is 0 Å². The molecule has 1 N–H and O–H groups in total. The smallest absolute Gasteiger partial charge is 0.222 e. The number of nitrogens with one attached hydrogen (secondary N) is 1. The number of benzene rings is 1. The molecule has 5 nitrogen and oxygen atoms in total. The van der Waals surface area contributed by atoms with E-state index in [1.54, 1.807) is 6.33 Å². The predicted molar refractivity (Wildman–Crippen MR) is 101 cm³/mol. The minimum absolute atomic E-state index is 0.273. The van der Waals surface area contributed by atoms with Crippen LogP contribution in [0.5, 0.6) is 0 Å². The van der Waals surface area contributed by atoms with Crippen molar-refractivity contribution in [1.82, 2.24) is 19.8 Å². The number of aromatic nitrogens is 2. The molecule has 2 aliphatic rings. The second-order valence-electron chi connectivity index (χ2n) is 7.94. The third kappa shape index (κ3) is 3.98. The number of carbonyl (C=O) groups excluding carboxylic acids is 1. The summed E-state index contributed by atoms with van der Waals surface area (Å²) in [5.74, 6) is 0.315. The number of carbonyl (C=O) groups is 1. The van der Waals surface area contributed by atoms with Gasteiger partial charge >= 0.3 is 0 Å². The maximum atomic E-state index is 12.4. The summed E-state index contributed by atoms with van der Waals surface area (Å²) in [6.07, 6.45) is 8.63. The van der Waals surface area contributed by atoms with Crippen LogP contribution in [-0.4, -0.2) is 51.9 Å². The number of amides is 1. The summed E-state index contributed by atoms with van der Waals surface area (Å²) in [4.78, 5) is 24.3. The van der Waals surface area contributed by atoms with Crippen LogP contribution in [0.15, 0.2) is 42.9 Å². The van der Waals surface area contributed by atoms with E-state index in [0.29, 0.717) is 12.3 Å². The fourth-order valence-electron chi connectivity index (χ4n) is 4.60. The molecule has 26 heavy (non-hydrogen) atoms. The van der Waals surface area contributed by atoms with Crippen LogP contribution in [0.25, 0.3) is 0 Å². The first-order valence-electron chi connectivity index (χ1n) is 9.74. The van der Waals surface area contributed by atoms with E-state index in [1.165, 1.54) is 24.9 Å². The zero-order chi connectivity index (χ0) is 17.8. The number of piperidine rings is 2. The zero-order valence-electron chi connectivity index (χ0n) is 15.4. The predicted octanol–water partition coefficient (Wildman–Crippen LogP) is 2.86. The highest BCUT2D eigenvalue weighted by atomic mass is 16.2. The van der Waals surface area contributed by atoms with E-state index < -0.39 is 0 Å². The molecule has 2 aromatic rings. The van der Waals surface area contributed by atoms with Gasteiger partial charge in [0.25, 0.3) is 0 Å². The van der Waals surface area contributed by atoms with Crippen LogP contribution < -0.4 is 0 Å². The Kier molecular flexibility index (Phi) is 5.07. The fourth-order valence-corrected chi connectivity index (χ4v) is 4.60. The van der Waals surface area contributed by atoms with Gasteiger partial charge in [-0.15, -0.1) is 0 Å². The Bertz CT molecular complexity index is 715. The Morgan fingerprint density at radius 1 is 1.15 bits per heavy atom. The monoisotopic (exact) mass is 352 g/mol. The molecular weight excluding hydrogens is 324 g/mol. The molecule has 1 aromatic heterocycles. The first-order valence-corrected chi connectivity index (χ1v) is 9.74. The molecule has 1 spiro atoms. The molecule has 1 aromatic carbocycles. The summed E-state index contributed by atoms with van der Waals surface area (Å²) in [7, 11) is 0. The Morgan fingerprint density at radius 2 is 2.04 bits per heavy atom. The van der Waals surface area contributed by atoms with Crippen molar-refractivity contribution in [3.8, 4) is 0 Å². The molecule has 1 amide bonds. The molecular formula is C21H28N4O. The summed E-state index contributed by atoms with van der Waals surface area (Å²) in [6, 6.07) is 10.7. The van der Waals surface area contributed by atoms with E-state index in [1.807, 2.05) is 6.20 Å². The van der Waals surface area contributed by atoms with E-state index in [4.69, 9.17) is 0 Å². The topological polar surface area (TPSA) is 52.2 Å². The Morgan fingerprint density at radius 3 is 2.85 bits per heavy atom. The number of nitrogens with zero attached hydrogens (tertiary/aromatic N) is 3. The van der Waals surface area contributed by atoms with E-state index in [0.717, 1.165) is 44.7 Å². The van der Waals surface area contributed by atoms with Crippen molar-refractivity contribution in [3.63, 3.8) is 0 Å². The third-order valence-electron chi connectivity index (χ3n) is 5.94. The van der Waals surface area contributed by atoms with Gasteiger partial charge < -0.3 is 9.88 Å². The van der Waals surface area contributed by atoms with Gasteiger partial charge in [-0.2, -0.15) is 0 Å². The molecule has 3 heterocycles. The summed E-state index contributed by atoms with van der Waals surface area (Å²) in [5, 5.41) is 0. The van der Waals surface area contributed by atoms with Crippen LogP contribution in [0.4, 0.5) is 0 Å². The first-order chi connectivity index (χ1) is 12.7. The lowest BCUT2D eigenvalue weighted by Crippen LogP contribution is -2.54. The lowest BCUT2D eigenvalue weighted by atomic mass is 9.73. The van der Waals surface area contributed by atoms with E-state index in [9.17, 15) is 4.79 Å². The molecule has 0 unspecified atom stereocenters. The van der Waals surface area contributed by atoms with Crippen LogP contribution in [0, 0.1) is 5.41 Å². The van der Waals surface area contributed by atoms with Gasteiger partial charge in [0.1, 0.15) is 0 Å². The van der Waals surface area contributed by atoms with Crippen molar-refractivity contribution < 1.29 is 4.79 Å². The normalized spacial score (nSPS) is 24.3. The number of H-pyrrole nitrogens is 1. The van der Waals surface area contributed by atoms with Gasteiger partial charge in [0.05, 0.1) is 6.33 Å². The minimum atomic E-state index is 0.273. The number of aromatic amines is 1. The lowest BCUT2D eigenvalue weighted by Gasteiger charge is -2.48. The summed E-state index contributed by atoms with van der Waals surface area (Å²) in [6.45, 7) is 4.99. The van der Waals surface area contributed by atoms with Crippen LogP contribution >= 0.6 is 0 Å². The number of hydrogen-bond acceptors (Lipinski definition) is 3. The second-order valence-corrected chi connectivity index (χ2v) is 7.94. The highest BCUT2D eigenvalue weighted by Crippen LogP contribution is 2.39. The third-order valence-corrected chi connectivity index (χ3v) is 5.94. The SMILES string of the molecule is O=C1CC[C@@]2(CCCN(Cc3ccccc3)C2)CN1CCc1cnc[nH]1. The minimum Gasteiger partial charge on any atom is -0.348 e. The molecule has 0 bridgehead atoms. The average molecular weight is 352 g/mol. The maximum absolute atomic E-state index is 12.4. The zero-order valence-corrected chi connectivity index (χ0v) is 15.4. The fraction of sp³-hybridized carbons (Fsp3) is 0.524. The molecule has 138 valence electrons. The summed E-state index contributed by atoms with van der Waals surface area (Å²) in [5.41, 5.74) is 2.76. The van der Waals surface area contributed by atoms with Gasteiger partial charge in [-0.1, -0.05) is 30.3 Å². The number of imidazole rings is 1. The van der Waals surface area contributed by atoms with Gasteiger partial charge in [-0.3, -0.25) is 9.69 Å².